The maximum atomic E-state index is 12.9. The first-order chi connectivity index (χ1) is 17.5. The first-order valence-corrected chi connectivity index (χ1v) is 13.6. The van der Waals surface area contributed by atoms with E-state index in [1.54, 1.807) is 21.0 Å². The number of carbonyl (C=O) groups is 5. The Balaban J connectivity index is 2.04. The molecule has 0 radical (unpaired) electrons. The zero-order chi connectivity index (χ0) is 27.5. The molecule has 0 aliphatic heterocycles. The van der Waals surface area contributed by atoms with Gasteiger partial charge in [0.05, 0.1) is 19.6 Å². The van der Waals surface area contributed by atoms with Crippen LogP contribution in [0, 0.1) is 0 Å². The van der Waals surface area contributed by atoms with Gasteiger partial charge in [0.1, 0.15) is 17.8 Å². The lowest BCUT2D eigenvalue weighted by molar-refractivity contribution is -0.146. The maximum absolute atomic E-state index is 12.9. The number of methoxy groups -OCH3 is 1. The first-order valence-electron chi connectivity index (χ1n) is 11.7. The second kappa shape index (κ2) is 14.6. The van der Waals surface area contributed by atoms with E-state index < -0.39 is 40.9 Å². The lowest BCUT2D eigenvalue weighted by atomic mass is 9.99. The molecule has 0 aliphatic carbocycles. The summed E-state index contributed by atoms with van der Waals surface area (Å²) in [5.41, 5.74) is 0.833. The van der Waals surface area contributed by atoms with E-state index in [2.05, 4.69) is 10.6 Å². The summed E-state index contributed by atoms with van der Waals surface area (Å²) >= 11 is 1.75. The van der Waals surface area contributed by atoms with E-state index >= 15 is 0 Å². The largest absolute Gasteiger partial charge is 0.497 e. The minimum absolute atomic E-state index is 0.0313. The molecule has 3 atom stereocenters. The van der Waals surface area contributed by atoms with Crippen LogP contribution in [0.5, 0.6) is 5.75 Å². The van der Waals surface area contributed by atoms with Crippen molar-refractivity contribution in [3.8, 4) is 5.75 Å². The van der Waals surface area contributed by atoms with Gasteiger partial charge in [-0.05, 0) is 35.4 Å². The average molecular weight is 549 g/mol. The third-order valence-corrected chi connectivity index (χ3v) is 7.53. The Labute approximate surface area is 224 Å². The molecular weight excluding hydrogens is 516 g/mol. The molecule has 2 aromatic rings. The molecular formula is C26H32N2O7S2. The molecule has 2 rings (SSSR count). The molecule has 2 aromatic carbocycles. The number of esters is 1. The van der Waals surface area contributed by atoms with E-state index in [0.29, 0.717) is 0 Å². The van der Waals surface area contributed by atoms with Gasteiger partial charge in [-0.3, -0.25) is 19.2 Å². The lowest BCUT2D eigenvalue weighted by Gasteiger charge is -2.19. The van der Waals surface area contributed by atoms with Crippen LogP contribution in [0.4, 0.5) is 0 Å². The lowest BCUT2D eigenvalue weighted by Crippen LogP contribution is -2.44. The van der Waals surface area contributed by atoms with Gasteiger partial charge in [-0.2, -0.15) is 0 Å². The summed E-state index contributed by atoms with van der Waals surface area (Å²) < 4.78 is 10.2. The van der Waals surface area contributed by atoms with Gasteiger partial charge in [0, 0.05) is 25.4 Å². The van der Waals surface area contributed by atoms with Crippen LogP contribution in [0.2, 0.25) is 0 Å². The smallest absolute Gasteiger partial charge is 0.329 e. The summed E-state index contributed by atoms with van der Waals surface area (Å²) in [5, 5.41) is 6.42. The van der Waals surface area contributed by atoms with Crippen molar-refractivity contribution in [2.75, 3.05) is 25.2 Å². The Bertz CT molecular complexity index is 1150. The van der Waals surface area contributed by atoms with E-state index in [1.165, 1.54) is 13.8 Å². The highest BCUT2D eigenvalue weighted by Crippen LogP contribution is 2.28. The van der Waals surface area contributed by atoms with Crippen molar-refractivity contribution in [3.05, 3.63) is 42.0 Å². The summed E-state index contributed by atoms with van der Waals surface area (Å²) in [6.45, 7) is 6.10. The highest BCUT2D eigenvalue weighted by molar-refractivity contribution is 8.15. The summed E-state index contributed by atoms with van der Waals surface area (Å²) in [6, 6.07) is 9.50. The Hall–Kier alpha value is -3.05. The summed E-state index contributed by atoms with van der Waals surface area (Å²) in [5.74, 6) is -1.24. The first kappa shape index (κ1) is 30.2. The Morgan fingerprint density at radius 1 is 0.838 bits per heavy atom. The number of ether oxygens (including phenoxy) is 2. The second-order valence-electron chi connectivity index (χ2n) is 8.21. The zero-order valence-corrected chi connectivity index (χ0v) is 23.1. The molecule has 0 heterocycles. The van der Waals surface area contributed by atoms with Crippen molar-refractivity contribution in [2.45, 2.75) is 45.7 Å². The van der Waals surface area contributed by atoms with Gasteiger partial charge < -0.3 is 20.1 Å². The number of carbonyl (C=O) groups excluding carboxylic acids is 5. The number of thioether (sulfide) groups is 2. The van der Waals surface area contributed by atoms with E-state index in [9.17, 15) is 24.0 Å². The zero-order valence-electron chi connectivity index (χ0n) is 21.5. The van der Waals surface area contributed by atoms with E-state index in [0.717, 1.165) is 45.6 Å². The van der Waals surface area contributed by atoms with Crippen LogP contribution in [0.15, 0.2) is 36.4 Å². The standard InChI is InChI=1S/C26H32N2O7S2/c1-6-35-24(31)22(27-16(3)29)13-37-26(33)23(28-17(4)30)14-36-25(32)15(2)18-7-8-20-12-21(34-5)10-9-19(20)11-18/h7-12,15,22-23H,6,13-14H2,1-5H3,(H,27,29)(H,28,30). The molecule has 200 valence electrons. The third-order valence-electron chi connectivity index (χ3n) is 5.32. The van der Waals surface area contributed by atoms with Gasteiger partial charge in [0.2, 0.25) is 16.9 Å². The molecule has 11 heteroatoms. The van der Waals surface area contributed by atoms with Gasteiger partial charge in [0.15, 0.2) is 5.12 Å². The fourth-order valence-corrected chi connectivity index (χ4v) is 5.35. The highest BCUT2D eigenvalue weighted by Gasteiger charge is 2.27. The minimum atomic E-state index is -1.01. The van der Waals surface area contributed by atoms with E-state index in [-0.39, 0.29) is 23.2 Å². The topological polar surface area (TPSA) is 128 Å². The van der Waals surface area contributed by atoms with Crippen LogP contribution < -0.4 is 15.4 Å². The molecule has 0 saturated carbocycles. The molecule has 0 bridgehead atoms. The fraction of sp³-hybridized carbons (Fsp3) is 0.423. The second-order valence-corrected chi connectivity index (χ2v) is 10.3. The van der Waals surface area contributed by atoms with Crippen LogP contribution >= 0.6 is 23.5 Å². The predicted octanol–water partition coefficient (Wildman–Crippen LogP) is 3.04. The van der Waals surface area contributed by atoms with Crippen LogP contribution in [0.1, 0.15) is 39.2 Å². The number of hydrogen-bond acceptors (Lipinski definition) is 9. The number of nitrogens with one attached hydrogen (secondary N) is 2. The van der Waals surface area contributed by atoms with Gasteiger partial charge in [-0.15, -0.1) is 0 Å². The SMILES string of the molecule is CCOC(=O)C(CSC(=O)C(CSC(=O)C(C)c1ccc2cc(OC)ccc2c1)NC(C)=O)NC(C)=O. The summed E-state index contributed by atoms with van der Waals surface area (Å²) in [7, 11) is 1.60. The van der Waals surface area contributed by atoms with Gasteiger partial charge in [0.25, 0.3) is 0 Å². The van der Waals surface area contributed by atoms with Gasteiger partial charge in [-0.1, -0.05) is 54.7 Å². The number of fused-ring (bicyclic) bond motifs is 1. The number of amides is 2. The van der Waals surface area contributed by atoms with E-state index in [1.807, 2.05) is 36.4 Å². The number of rotatable bonds is 12. The van der Waals surface area contributed by atoms with Crippen molar-refractivity contribution in [3.63, 3.8) is 0 Å². The average Bonchev–Trinajstić information content (AvgIpc) is 2.87. The summed E-state index contributed by atoms with van der Waals surface area (Å²) in [6.07, 6.45) is 0. The van der Waals surface area contributed by atoms with Crippen LogP contribution in [-0.2, 0) is 28.7 Å². The third kappa shape index (κ3) is 9.40. The Kier molecular flexibility index (Phi) is 11.9. The monoisotopic (exact) mass is 548 g/mol. The molecule has 0 spiro atoms. The quantitative estimate of drug-likeness (QED) is 0.385. The molecule has 0 aliphatic rings. The molecule has 9 nitrogen and oxygen atoms in total. The van der Waals surface area contributed by atoms with Gasteiger partial charge >= 0.3 is 5.97 Å². The van der Waals surface area contributed by atoms with Crippen LogP contribution in [0.25, 0.3) is 10.8 Å². The predicted molar refractivity (Wildman–Crippen MR) is 146 cm³/mol. The number of benzene rings is 2. The van der Waals surface area contributed by atoms with Crippen molar-refractivity contribution in [2.24, 2.45) is 0 Å². The molecule has 0 aromatic heterocycles. The van der Waals surface area contributed by atoms with Gasteiger partial charge in [-0.25, -0.2) is 4.79 Å². The van der Waals surface area contributed by atoms with E-state index in [4.69, 9.17) is 9.47 Å². The van der Waals surface area contributed by atoms with Crippen LogP contribution in [-0.4, -0.2) is 65.3 Å². The van der Waals surface area contributed by atoms with Crippen molar-refractivity contribution < 1.29 is 33.4 Å². The Morgan fingerprint density at radius 2 is 1.41 bits per heavy atom. The molecule has 2 N–H and O–H groups in total. The van der Waals surface area contributed by atoms with Crippen molar-refractivity contribution in [1.29, 1.82) is 0 Å². The molecule has 3 unspecified atom stereocenters. The van der Waals surface area contributed by atoms with Crippen molar-refractivity contribution >= 4 is 62.3 Å². The maximum Gasteiger partial charge on any atom is 0.329 e. The minimum Gasteiger partial charge on any atom is -0.497 e. The Morgan fingerprint density at radius 3 is 2.03 bits per heavy atom. The van der Waals surface area contributed by atoms with Crippen molar-refractivity contribution in [1.82, 2.24) is 10.6 Å². The number of hydrogen-bond donors (Lipinski definition) is 2. The molecule has 37 heavy (non-hydrogen) atoms. The molecule has 0 saturated heterocycles. The highest BCUT2D eigenvalue weighted by atomic mass is 32.2. The summed E-state index contributed by atoms with van der Waals surface area (Å²) in [4.78, 5) is 61.0. The molecule has 0 fully saturated rings. The normalized spacial score (nSPS) is 13.2. The van der Waals surface area contributed by atoms with Crippen LogP contribution in [0.3, 0.4) is 0 Å². The fourth-order valence-electron chi connectivity index (χ4n) is 3.40. The molecule has 2 amide bonds.